The molecule has 1 N–H and O–H groups in total. The van der Waals surface area contributed by atoms with Crippen LogP contribution in [0.1, 0.15) is 24.4 Å². The molecule has 1 unspecified atom stereocenters. The molecule has 2 aromatic rings. The summed E-state index contributed by atoms with van der Waals surface area (Å²) in [5.74, 6) is -0.377. The van der Waals surface area contributed by atoms with Gasteiger partial charge in [-0.2, -0.15) is 0 Å². The molecule has 0 spiro atoms. The van der Waals surface area contributed by atoms with Crippen LogP contribution < -0.4 is 10.2 Å². The maximum absolute atomic E-state index is 12.6. The lowest BCUT2D eigenvalue weighted by Crippen LogP contribution is -2.39. The molecule has 0 aromatic carbocycles. The molecule has 1 saturated heterocycles. The first kappa shape index (κ1) is 16.9. The van der Waals surface area contributed by atoms with Crippen molar-refractivity contribution in [2.75, 3.05) is 30.9 Å². The minimum absolute atomic E-state index is 0.0736. The largest absolute Gasteiger partial charge is 0.363 e. The Kier molecular flexibility index (Phi) is 4.92. The van der Waals surface area contributed by atoms with E-state index in [4.69, 9.17) is 0 Å². The molecule has 3 heterocycles. The van der Waals surface area contributed by atoms with Gasteiger partial charge in [-0.25, -0.2) is 4.98 Å². The van der Waals surface area contributed by atoms with Crippen molar-refractivity contribution in [1.82, 2.24) is 14.9 Å². The Labute approximate surface area is 146 Å². The van der Waals surface area contributed by atoms with E-state index in [0.717, 1.165) is 24.2 Å². The van der Waals surface area contributed by atoms with Crippen LogP contribution in [0.15, 0.2) is 42.9 Å². The summed E-state index contributed by atoms with van der Waals surface area (Å²) in [6.45, 7) is 0.580. The lowest BCUT2D eigenvalue weighted by atomic mass is 10.1. The van der Waals surface area contributed by atoms with E-state index in [1.165, 1.54) is 0 Å². The molecule has 0 saturated carbocycles. The van der Waals surface area contributed by atoms with Gasteiger partial charge in [-0.3, -0.25) is 14.6 Å². The van der Waals surface area contributed by atoms with Crippen LogP contribution in [0.2, 0.25) is 0 Å². The highest BCUT2D eigenvalue weighted by Gasteiger charge is 2.33. The highest BCUT2D eigenvalue weighted by molar-refractivity contribution is 6.39. The summed E-state index contributed by atoms with van der Waals surface area (Å²) < 4.78 is 0. The Morgan fingerprint density at radius 2 is 1.96 bits per heavy atom. The zero-order valence-corrected chi connectivity index (χ0v) is 14.3. The molecule has 1 atom stereocenters. The summed E-state index contributed by atoms with van der Waals surface area (Å²) in [6, 6.07) is 7.22. The number of hydrogen-bond donors (Lipinski definition) is 1. The molecular formula is C18H21N5O2. The highest BCUT2D eigenvalue weighted by atomic mass is 16.2. The average molecular weight is 339 g/mol. The predicted octanol–water partition coefficient (Wildman–Crippen LogP) is 1.84. The molecular weight excluding hydrogens is 318 g/mol. The van der Waals surface area contributed by atoms with Gasteiger partial charge in [0.15, 0.2) is 0 Å². The van der Waals surface area contributed by atoms with Crippen molar-refractivity contribution in [3.63, 3.8) is 0 Å². The van der Waals surface area contributed by atoms with Gasteiger partial charge in [-0.1, -0.05) is 0 Å². The Hall–Kier alpha value is -2.96. The number of likely N-dealkylation sites (tertiary alicyclic amines) is 1. The van der Waals surface area contributed by atoms with Crippen molar-refractivity contribution in [1.29, 1.82) is 0 Å². The van der Waals surface area contributed by atoms with Crippen molar-refractivity contribution in [3.05, 3.63) is 48.4 Å². The molecule has 2 aromatic heterocycles. The fourth-order valence-corrected chi connectivity index (χ4v) is 2.98. The van der Waals surface area contributed by atoms with E-state index >= 15 is 0 Å². The maximum atomic E-state index is 12.6. The lowest BCUT2D eigenvalue weighted by molar-refractivity contribution is -0.143. The molecule has 0 bridgehead atoms. The summed E-state index contributed by atoms with van der Waals surface area (Å²) in [6.07, 6.45) is 6.68. The fourth-order valence-electron chi connectivity index (χ4n) is 2.98. The summed E-state index contributed by atoms with van der Waals surface area (Å²) in [7, 11) is 3.77. The second-order valence-electron chi connectivity index (χ2n) is 6.19. The van der Waals surface area contributed by atoms with Crippen LogP contribution in [0.5, 0.6) is 0 Å². The molecule has 3 rings (SSSR count). The molecule has 1 aliphatic heterocycles. The molecule has 0 radical (unpaired) electrons. The van der Waals surface area contributed by atoms with Crippen molar-refractivity contribution in [3.8, 4) is 0 Å². The Morgan fingerprint density at radius 3 is 2.60 bits per heavy atom. The van der Waals surface area contributed by atoms with E-state index in [0.29, 0.717) is 12.2 Å². The van der Waals surface area contributed by atoms with Gasteiger partial charge in [0.2, 0.25) is 0 Å². The van der Waals surface area contributed by atoms with Crippen LogP contribution in [0.4, 0.5) is 11.5 Å². The number of aromatic nitrogens is 2. The van der Waals surface area contributed by atoms with Crippen LogP contribution in [0, 0.1) is 0 Å². The molecule has 1 fully saturated rings. The smallest absolute Gasteiger partial charge is 0.313 e. The summed E-state index contributed by atoms with van der Waals surface area (Å²) >= 11 is 0. The van der Waals surface area contributed by atoms with Crippen LogP contribution >= 0.6 is 0 Å². The predicted molar refractivity (Wildman–Crippen MR) is 95.1 cm³/mol. The minimum atomic E-state index is -0.639. The molecule has 0 aliphatic carbocycles. The van der Waals surface area contributed by atoms with Crippen LogP contribution in [0.25, 0.3) is 0 Å². The molecule has 1 aliphatic rings. The normalized spacial score (nSPS) is 16.6. The first-order valence-corrected chi connectivity index (χ1v) is 8.21. The van der Waals surface area contributed by atoms with E-state index in [1.54, 1.807) is 35.6 Å². The van der Waals surface area contributed by atoms with Crippen LogP contribution in [-0.2, 0) is 9.59 Å². The van der Waals surface area contributed by atoms with Crippen LogP contribution in [0.3, 0.4) is 0 Å². The zero-order valence-electron chi connectivity index (χ0n) is 14.3. The van der Waals surface area contributed by atoms with E-state index < -0.39 is 11.8 Å². The van der Waals surface area contributed by atoms with Crippen molar-refractivity contribution in [2.45, 2.75) is 18.9 Å². The van der Waals surface area contributed by atoms with E-state index in [9.17, 15) is 9.59 Å². The summed E-state index contributed by atoms with van der Waals surface area (Å²) in [5, 5.41) is 2.63. The van der Waals surface area contributed by atoms with Crippen LogP contribution in [-0.4, -0.2) is 47.3 Å². The number of carbonyl (C=O) groups is 2. The molecule has 25 heavy (non-hydrogen) atoms. The summed E-state index contributed by atoms with van der Waals surface area (Å²) in [4.78, 5) is 36.6. The lowest BCUT2D eigenvalue weighted by Gasteiger charge is -2.24. The monoisotopic (exact) mass is 339 g/mol. The third-order valence-electron chi connectivity index (χ3n) is 4.26. The van der Waals surface area contributed by atoms with Gasteiger partial charge < -0.3 is 15.1 Å². The zero-order chi connectivity index (χ0) is 17.8. The number of rotatable bonds is 3. The third-order valence-corrected chi connectivity index (χ3v) is 4.26. The Bertz CT molecular complexity index is 746. The second-order valence-corrected chi connectivity index (χ2v) is 6.19. The van der Waals surface area contributed by atoms with Gasteiger partial charge in [0, 0.05) is 33.0 Å². The number of hydrogen-bond acceptors (Lipinski definition) is 5. The van der Waals surface area contributed by atoms with Gasteiger partial charge in [-0.15, -0.1) is 0 Å². The molecule has 130 valence electrons. The SMILES string of the molecule is CN(C)c1ccc(NC(=O)C(=O)N2CCCC2c2ccncc2)cn1. The number of carbonyl (C=O) groups excluding carboxylic acids is 2. The van der Waals surface area contributed by atoms with Gasteiger partial charge >= 0.3 is 11.8 Å². The fraction of sp³-hybridized carbons (Fsp3) is 0.333. The van der Waals surface area contributed by atoms with Gasteiger partial charge in [0.05, 0.1) is 17.9 Å². The van der Waals surface area contributed by atoms with E-state index in [1.807, 2.05) is 31.1 Å². The Balaban J connectivity index is 1.68. The minimum Gasteiger partial charge on any atom is -0.363 e. The van der Waals surface area contributed by atoms with Crippen molar-refractivity contribution >= 4 is 23.3 Å². The van der Waals surface area contributed by atoms with Crippen molar-refractivity contribution < 1.29 is 9.59 Å². The third kappa shape index (κ3) is 3.76. The quantitative estimate of drug-likeness (QED) is 0.864. The first-order chi connectivity index (χ1) is 12.1. The maximum Gasteiger partial charge on any atom is 0.313 e. The van der Waals surface area contributed by atoms with Crippen molar-refractivity contribution in [2.24, 2.45) is 0 Å². The standard InChI is InChI=1S/C18H21N5O2/c1-22(2)16-6-5-14(12-20-16)21-17(24)18(25)23-11-3-4-15(23)13-7-9-19-10-8-13/h5-10,12,15H,3-4,11H2,1-2H3,(H,21,24). The molecule has 7 nitrogen and oxygen atoms in total. The number of amides is 2. The van der Waals surface area contributed by atoms with Gasteiger partial charge in [0.1, 0.15) is 5.82 Å². The molecule has 2 amide bonds. The topological polar surface area (TPSA) is 78.4 Å². The number of nitrogens with zero attached hydrogens (tertiary/aromatic N) is 4. The van der Waals surface area contributed by atoms with E-state index in [2.05, 4.69) is 15.3 Å². The Morgan fingerprint density at radius 1 is 1.20 bits per heavy atom. The van der Waals surface area contributed by atoms with Gasteiger partial charge in [-0.05, 0) is 42.7 Å². The highest BCUT2D eigenvalue weighted by Crippen LogP contribution is 2.31. The number of pyridine rings is 2. The number of anilines is 2. The van der Waals surface area contributed by atoms with E-state index in [-0.39, 0.29) is 6.04 Å². The van der Waals surface area contributed by atoms with Gasteiger partial charge in [0.25, 0.3) is 0 Å². The number of nitrogens with one attached hydrogen (secondary N) is 1. The summed E-state index contributed by atoms with van der Waals surface area (Å²) in [5.41, 5.74) is 1.51. The molecule has 7 heteroatoms. The average Bonchev–Trinajstić information content (AvgIpc) is 3.12. The first-order valence-electron chi connectivity index (χ1n) is 8.21. The second kappa shape index (κ2) is 7.29.